The largest absolute Gasteiger partial charge is 0.375 e. The molecule has 0 aromatic heterocycles. The van der Waals surface area contributed by atoms with Crippen LogP contribution >= 0.6 is 0 Å². The lowest BCUT2D eigenvalue weighted by atomic mass is 10.1. The highest BCUT2D eigenvalue weighted by molar-refractivity contribution is 6.83. The van der Waals surface area contributed by atoms with E-state index in [0.717, 1.165) is 16.7 Å². The van der Waals surface area contributed by atoms with Crippen LogP contribution in [0.15, 0.2) is 91.0 Å². The molecule has 5 nitrogen and oxygen atoms in total. The molecule has 4 atom stereocenters. The van der Waals surface area contributed by atoms with Crippen molar-refractivity contribution in [1.82, 2.24) is 5.06 Å². The van der Waals surface area contributed by atoms with Crippen LogP contribution in [0.1, 0.15) is 16.7 Å². The molecule has 0 aliphatic carbocycles. The van der Waals surface area contributed by atoms with Gasteiger partial charge >= 0.3 is 0 Å². The maximum absolute atomic E-state index is 11.4. The van der Waals surface area contributed by atoms with Crippen LogP contribution in [-0.2, 0) is 34.0 Å². The highest BCUT2D eigenvalue weighted by atomic mass is 28.3. The third-order valence-corrected chi connectivity index (χ3v) is 7.10. The first-order valence-electron chi connectivity index (χ1n) is 12.8. The zero-order chi connectivity index (χ0) is 26.1. The number of hydrogen-bond acceptors (Lipinski definition) is 5. The molecule has 194 valence electrons. The molecule has 0 spiro atoms. The molecule has 0 amide bonds. The lowest BCUT2D eigenvalue weighted by Crippen LogP contribution is -2.40. The minimum atomic E-state index is -1.68. The van der Waals surface area contributed by atoms with Gasteiger partial charge in [-0.1, -0.05) is 117 Å². The SMILES string of the molecule is C[Si](C)(C)C#C[C@@H]1[C@@H](OCc2ccccc2)[C@H](OCc2ccccc2)[C@@H](COCc2ccccc2)N1O. The van der Waals surface area contributed by atoms with Crippen molar-refractivity contribution in [3.8, 4) is 11.5 Å². The number of rotatable bonds is 10. The molecule has 1 aliphatic heterocycles. The molecule has 3 aromatic carbocycles. The summed E-state index contributed by atoms with van der Waals surface area (Å²) in [6.07, 6.45) is -0.867. The van der Waals surface area contributed by atoms with Crippen molar-refractivity contribution in [2.75, 3.05) is 6.61 Å². The van der Waals surface area contributed by atoms with Gasteiger partial charge in [-0.05, 0) is 16.7 Å². The Labute approximate surface area is 222 Å². The Bertz CT molecular complexity index is 1140. The summed E-state index contributed by atoms with van der Waals surface area (Å²) in [6, 6.07) is 29.2. The molecule has 3 aromatic rings. The van der Waals surface area contributed by atoms with E-state index in [0.29, 0.717) is 26.4 Å². The second-order valence-electron chi connectivity index (χ2n) is 10.4. The highest BCUT2D eigenvalue weighted by Gasteiger charge is 2.50. The average Bonchev–Trinajstić information content (AvgIpc) is 3.16. The number of hydrogen-bond donors (Lipinski definition) is 1. The first-order valence-corrected chi connectivity index (χ1v) is 16.3. The van der Waals surface area contributed by atoms with Gasteiger partial charge < -0.3 is 19.4 Å². The van der Waals surface area contributed by atoms with Gasteiger partial charge in [-0.3, -0.25) is 0 Å². The summed E-state index contributed by atoms with van der Waals surface area (Å²) in [7, 11) is -1.68. The van der Waals surface area contributed by atoms with Crippen LogP contribution in [0.4, 0.5) is 0 Å². The van der Waals surface area contributed by atoms with Gasteiger partial charge in [0.05, 0.1) is 32.5 Å². The first-order chi connectivity index (χ1) is 17.9. The van der Waals surface area contributed by atoms with Crippen LogP contribution in [0.25, 0.3) is 0 Å². The average molecular weight is 516 g/mol. The van der Waals surface area contributed by atoms with Gasteiger partial charge in [-0.25, -0.2) is 0 Å². The van der Waals surface area contributed by atoms with E-state index in [-0.39, 0.29) is 0 Å². The zero-order valence-electron chi connectivity index (χ0n) is 21.9. The Morgan fingerprint density at radius 1 is 0.703 bits per heavy atom. The van der Waals surface area contributed by atoms with E-state index in [1.54, 1.807) is 0 Å². The van der Waals surface area contributed by atoms with Crippen LogP contribution in [0.5, 0.6) is 0 Å². The summed E-state index contributed by atoms with van der Waals surface area (Å²) in [5.41, 5.74) is 6.64. The van der Waals surface area contributed by atoms with Crippen LogP contribution < -0.4 is 0 Å². The Morgan fingerprint density at radius 2 is 1.16 bits per heavy atom. The zero-order valence-corrected chi connectivity index (χ0v) is 22.9. The summed E-state index contributed by atoms with van der Waals surface area (Å²) >= 11 is 0. The van der Waals surface area contributed by atoms with Crippen molar-refractivity contribution in [3.63, 3.8) is 0 Å². The molecule has 1 fully saturated rings. The van der Waals surface area contributed by atoms with E-state index in [9.17, 15) is 5.21 Å². The molecule has 0 bridgehead atoms. The third kappa shape index (κ3) is 8.11. The fourth-order valence-corrected chi connectivity index (χ4v) is 4.89. The lowest BCUT2D eigenvalue weighted by Gasteiger charge is -2.25. The highest BCUT2D eigenvalue weighted by Crippen LogP contribution is 2.30. The van der Waals surface area contributed by atoms with Crippen molar-refractivity contribution >= 4 is 8.07 Å². The molecule has 0 unspecified atom stereocenters. The third-order valence-electron chi connectivity index (χ3n) is 6.20. The number of nitrogens with zero attached hydrogens (tertiary/aromatic N) is 1. The van der Waals surface area contributed by atoms with Gasteiger partial charge in [0.1, 0.15) is 26.3 Å². The maximum Gasteiger partial charge on any atom is 0.129 e. The Hall–Kier alpha value is -2.76. The van der Waals surface area contributed by atoms with E-state index in [4.69, 9.17) is 14.2 Å². The fourth-order valence-electron chi connectivity index (χ4n) is 4.31. The summed E-state index contributed by atoms with van der Waals surface area (Å²) in [6.45, 7) is 8.15. The van der Waals surface area contributed by atoms with E-state index in [1.165, 1.54) is 5.06 Å². The number of hydroxylamine groups is 2. The number of ether oxygens (including phenoxy) is 3. The minimum absolute atomic E-state index is 0.293. The van der Waals surface area contributed by atoms with E-state index < -0.39 is 32.4 Å². The second kappa shape index (κ2) is 13.2. The predicted octanol–water partition coefficient (Wildman–Crippen LogP) is 5.70. The van der Waals surface area contributed by atoms with Gasteiger partial charge in [0.2, 0.25) is 0 Å². The van der Waals surface area contributed by atoms with Crippen molar-refractivity contribution in [2.45, 2.75) is 63.8 Å². The van der Waals surface area contributed by atoms with Gasteiger partial charge in [0, 0.05) is 0 Å². The van der Waals surface area contributed by atoms with E-state index in [2.05, 4.69) is 31.1 Å². The maximum atomic E-state index is 11.4. The van der Waals surface area contributed by atoms with Gasteiger partial charge in [0.15, 0.2) is 0 Å². The molecule has 37 heavy (non-hydrogen) atoms. The smallest absolute Gasteiger partial charge is 0.129 e. The molecular formula is C31H37NO4Si. The molecule has 1 saturated heterocycles. The molecule has 6 heteroatoms. The van der Waals surface area contributed by atoms with Crippen molar-refractivity contribution in [2.24, 2.45) is 0 Å². The predicted molar refractivity (Wildman–Crippen MR) is 148 cm³/mol. The van der Waals surface area contributed by atoms with Crippen molar-refractivity contribution in [3.05, 3.63) is 108 Å². The molecular weight excluding hydrogens is 478 g/mol. The summed E-state index contributed by atoms with van der Waals surface area (Å²) < 4.78 is 19.0. The van der Waals surface area contributed by atoms with Gasteiger partial charge in [-0.15, -0.1) is 5.54 Å². The standard InChI is InChI=1S/C31H37NO4Si/c1-37(2,3)20-19-28-30(35-22-26-15-9-5-10-16-26)31(36-23-27-17-11-6-12-18-27)29(32(28)33)24-34-21-25-13-7-4-8-14-25/h4-18,28-31,33H,21-24H2,1-3H3/t28-,29-,30-,31-/m1/s1. The Balaban J connectivity index is 1.57. The lowest BCUT2D eigenvalue weighted by molar-refractivity contribution is -0.155. The number of benzene rings is 3. The fraction of sp³-hybridized carbons (Fsp3) is 0.355. The van der Waals surface area contributed by atoms with E-state index in [1.807, 2.05) is 91.0 Å². The van der Waals surface area contributed by atoms with E-state index >= 15 is 0 Å². The monoisotopic (exact) mass is 515 g/mol. The quantitative estimate of drug-likeness (QED) is 0.277. The Morgan fingerprint density at radius 3 is 1.65 bits per heavy atom. The molecule has 1 N–H and O–H groups in total. The van der Waals surface area contributed by atoms with Crippen molar-refractivity contribution < 1.29 is 19.4 Å². The Kier molecular flexibility index (Phi) is 9.70. The molecule has 0 radical (unpaired) electrons. The molecule has 4 rings (SSSR count). The second-order valence-corrected chi connectivity index (χ2v) is 15.2. The van der Waals surface area contributed by atoms with Crippen LogP contribution in [0, 0.1) is 11.5 Å². The molecule has 1 heterocycles. The molecule has 0 saturated carbocycles. The first kappa shape index (κ1) is 27.3. The summed E-state index contributed by atoms with van der Waals surface area (Å²) in [5.74, 6) is 3.35. The summed E-state index contributed by atoms with van der Waals surface area (Å²) in [4.78, 5) is 0. The summed E-state index contributed by atoms with van der Waals surface area (Å²) in [5, 5.41) is 12.7. The van der Waals surface area contributed by atoms with Crippen LogP contribution in [-0.4, -0.2) is 49.2 Å². The topological polar surface area (TPSA) is 51.2 Å². The minimum Gasteiger partial charge on any atom is -0.375 e. The normalized spacial score (nSPS) is 21.9. The van der Waals surface area contributed by atoms with Gasteiger partial charge in [0.25, 0.3) is 0 Å². The van der Waals surface area contributed by atoms with Crippen molar-refractivity contribution in [1.29, 1.82) is 0 Å². The van der Waals surface area contributed by atoms with Crippen LogP contribution in [0.3, 0.4) is 0 Å². The van der Waals surface area contributed by atoms with Crippen LogP contribution in [0.2, 0.25) is 19.6 Å². The van der Waals surface area contributed by atoms with Gasteiger partial charge in [-0.2, -0.15) is 5.06 Å². The molecule has 1 aliphatic rings.